The van der Waals surface area contributed by atoms with Crippen molar-refractivity contribution in [3.05, 3.63) is 53.2 Å². The molecule has 144 valence electrons. The number of hydrogen-bond acceptors (Lipinski definition) is 7. The molecular weight excluding hydrogens is 378 g/mol. The lowest BCUT2D eigenvalue weighted by atomic mass is 10.0. The molecule has 1 aliphatic rings. The van der Waals surface area contributed by atoms with Crippen LogP contribution in [0.2, 0.25) is 0 Å². The monoisotopic (exact) mass is 397 g/mol. The molecule has 0 saturated heterocycles. The molecular formula is C21H19NO5S. The summed E-state index contributed by atoms with van der Waals surface area (Å²) in [6.07, 6.45) is 1.79. The second-order valence-corrected chi connectivity index (χ2v) is 7.10. The third-order valence-electron chi connectivity index (χ3n) is 4.72. The van der Waals surface area contributed by atoms with Gasteiger partial charge in [0.05, 0.1) is 32.5 Å². The lowest BCUT2D eigenvalue weighted by Crippen LogP contribution is -2.07. The lowest BCUT2D eigenvalue weighted by Gasteiger charge is -2.19. The molecule has 0 saturated carbocycles. The minimum Gasteiger partial charge on any atom is -0.492 e. The second kappa shape index (κ2) is 7.59. The fourth-order valence-electron chi connectivity index (χ4n) is 3.48. The number of methoxy groups -OCH3 is 3. The largest absolute Gasteiger partial charge is 0.492 e. The smallest absolute Gasteiger partial charge is 0.339 e. The molecule has 0 N–H and O–H groups in total. The molecule has 2 aromatic carbocycles. The maximum Gasteiger partial charge on any atom is 0.339 e. The number of aromatic nitrogens is 1. The fourth-order valence-corrected chi connectivity index (χ4v) is 4.52. The van der Waals surface area contributed by atoms with Gasteiger partial charge in [0.15, 0.2) is 11.5 Å². The normalized spacial score (nSPS) is 12.6. The van der Waals surface area contributed by atoms with Crippen molar-refractivity contribution in [2.45, 2.75) is 17.4 Å². The van der Waals surface area contributed by atoms with Crippen LogP contribution in [-0.4, -0.2) is 32.3 Å². The van der Waals surface area contributed by atoms with Gasteiger partial charge < -0.3 is 18.9 Å². The van der Waals surface area contributed by atoms with Gasteiger partial charge in [0.2, 0.25) is 5.75 Å². The Balaban J connectivity index is 1.81. The topological polar surface area (TPSA) is 66.9 Å². The van der Waals surface area contributed by atoms with E-state index in [4.69, 9.17) is 18.9 Å². The van der Waals surface area contributed by atoms with E-state index in [0.29, 0.717) is 34.1 Å². The molecule has 3 aromatic rings. The van der Waals surface area contributed by atoms with Gasteiger partial charge in [-0.25, -0.2) is 9.78 Å². The van der Waals surface area contributed by atoms with Crippen molar-refractivity contribution in [2.75, 3.05) is 21.3 Å². The number of cyclic esters (lactones) is 1. The van der Waals surface area contributed by atoms with E-state index in [1.165, 1.54) is 18.9 Å². The maximum atomic E-state index is 12.4. The molecule has 0 radical (unpaired) electrons. The highest BCUT2D eigenvalue weighted by Gasteiger charge is 2.35. The zero-order valence-electron chi connectivity index (χ0n) is 15.8. The molecule has 1 aliphatic heterocycles. The summed E-state index contributed by atoms with van der Waals surface area (Å²) in [6, 6.07) is 10.0. The summed E-state index contributed by atoms with van der Waals surface area (Å²) in [5, 5.41) is 3.06. The Morgan fingerprint density at radius 2 is 1.79 bits per heavy atom. The van der Waals surface area contributed by atoms with Gasteiger partial charge in [0.25, 0.3) is 0 Å². The Morgan fingerprint density at radius 3 is 2.54 bits per heavy atom. The zero-order chi connectivity index (χ0) is 19.7. The van der Waals surface area contributed by atoms with Crippen molar-refractivity contribution >= 4 is 28.5 Å². The number of fused-ring (bicyclic) bond motifs is 2. The summed E-state index contributed by atoms with van der Waals surface area (Å²) in [5.41, 5.74) is 1.89. The molecule has 0 fully saturated rings. The first-order valence-corrected chi connectivity index (χ1v) is 9.65. The summed E-state index contributed by atoms with van der Waals surface area (Å²) in [4.78, 5) is 17.0. The third kappa shape index (κ3) is 2.92. The van der Waals surface area contributed by atoms with Crippen LogP contribution in [0.4, 0.5) is 0 Å². The van der Waals surface area contributed by atoms with Crippen molar-refractivity contribution < 1.29 is 23.7 Å². The van der Waals surface area contributed by atoms with Crippen LogP contribution in [0.3, 0.4) is 0 Å². The highest BCUT2D eigenvalue weighted by Crippen LogP contribution is 2.49. The van der Waals surface area contributed by atoms with Gasteiger partial charge >= 0.3 is 5.97 Å². The number of carbonyl (C=O) groups excluding carboxylic acids is 1. The van der Waals surface area contributed by atoms with Crippen molar-refractivity contribution in [2.24, 2.45) is 0 Å². The summed E-state index contributed by atoms with van der Waals surface area (Å²) < 4.78 is 21.9. The van der Waals surface area contributed by atoms with Crippen LogP contribution < -0.4 is 14.2 Å². The first kappa shape index (κ1) is 18.4. The van der Waals surface area contributed by atoms with Crippen molar-refractivity contribution in [1.82, 2.24) is 4.98 Å². The Bertz CT molecular complexity index is 1060. The average Bonchev–Trinajstić information content (AvgIpc) is 3.12. The minimum atomic E-state index is -0.379. The number of thioether (sulfide) groups is 1. The Hall–Kier alpha value is -2.93. The highest BCUT2D eigenvalue weighted by molar-refractivity contribution is 7.98. The molecule has 6 nitrogen and oxygen atoms in total. The minimum absolute atomic E-state index is 0.155. The molecule has 0 bridgehead atoms. The van der Waals surface area contributed by atoms with E-state index in [1.54, 1.807) is 20.4 Å². The highest BCUT2D eigenvalue weighted by atomic mass is 32.2. The van der Waals surface area contributed by atoms with Crippen molar-refractivity contribution in [3.63, 3.8) is 0 Å². The number of ether oxygens (including phenoxy) is 4. The quantitative estimate of drug-likeness (QED) is 0.456. The molecule has 2 heterocycles. The lowest BCUT2D eigenvalue weighted by molar-refractivity contribution is 0.0533. The van der Waals surface area contributed by atoms with Gasteiger partial charge in [-0.2, -0.15) is 0 Å². The Labute approximate surface area is 166 Å². The van der Waals surface area contributed by atoms with Crippen LogP contribution in [0.5, 0.6) is 17.2 Å². The summed E-state index contributed by atoms with van der Waals surface area (Å²) in [6.45, 7) is 0.155. The molecule has 28 heavy (non-hydrogen) atoms. The number of rotatable bonds is 6. The van der Waals surface area contributed by atoms with Crippen LogP contribution in [0.1, 0.15) is 21.5 Å². The average molecular weight is 397 g/mol. The molecule has 0 spiro atoms. The first-order valence-electron chi connectivity index (χ1n) is 8.67. The summed E-state index contributed by atoms with van der Waals surface area (Å²) in [7, 11) is 4.64. The molecule has 1 aromatic heterocycles. The van der Waals surface area contributed by atoms with Gasteiger partial charge in [0.1, 0.15) is 11.6 Å². The van der Waals surface area contributed by atoms with E-state index < -0.39 is 0 Å². The van der Waals surface area contributed by atoms with Gasteiger partial charge in [-0.1, -0.05) is 24.3 Å². The second-order valence-electron chi connectivity index (χ2n) is 6.13. The van der Waals surface area contributed by atoms with E-state index in [-0.39, 0.29) is 12.6 Å². The van der Waals surface area contributed by atoms with E-state index in [0.717, 1.165) is 21.4 Å². The summed E-state index contributed by atoms with van der Waals surface area (Å²) >= 11 is 1.54. The predicted molar refractivity (Wildman–Crippen MR) is 107 cm³/mol. The number of nitrogens with zero attached hydrogens (tertiary/aromatic N) is 1. The standard InChI is InChI=1S/C21H19NO5S/c1-24-17-14-10-27-21(23)16(14)15(18(25-2)19(17)26-3)11-28-20-13-7-5-4-6-12(13)8-9-22-20/h4-9H,10-11H2,1-3H3. The van der Waals surface area contributed by atoms with Gasteiger partial charge in [-0.05, 0) is 11.5 Å². The third-order valence-corrected chi connectivity index (χ3v) is 5.75. The molecule has 0 aliphatic carbocycles. The molecule has 7 heteroatoms. The Morgan fingerprint density at radius 1 is 1.04 bits per heavy atom. The number of esters is 1. The SMILES string of the molecule is COc1c2c(c(CSc3nccc4ccccc34)c(OC)c1OC)C(=O)OC2. The van der Waals surface area contributed by atoms with Crippen LogP contribution in [-0.2, 0) is 17.1 Å². The molecule has 0 amide bonds. The van der Waals surface area contributed by atoms with Gasteiger partial charge in [-0.15, -0.1) is 11.8 Å². The number of carbonyl (C=O) groups is 1. The van der Waals surface area contributed by atoms with E-state index in [1.807, 2.05) is 30.3 Å². The van der Waals surface area contributed by atoms with E-state index in [2.05, 4.69) is 4.98 Å². The van der Waals surface area contributed by atoms with E-state index >= 15 is 0 Å². The van der Waals surface area contributed by atoms with Gasteiger partial charge in [0, 0.05) is 22.9 Å². The van der Waals surface area contributed by atoms with E-state index in [9.17, 15) is 4.79 Å². The maximum absolute atomic E-state index is 12.4. The zero-order valence-corrected chi connectivity index (χ0v) is 16.6. The predicted octanol–water partition coefficient (Wildman–Crippen LogP) is 4.22. The fraction of sp³-hybridized carbons (Fsp3) is 0.238. The molecule has 0 atom stereocenters. The van der Waals surface area contributed by atoms with Crippen LogP contribution >= 0.6 is 11.8 Å². The first-order chi connectivity index (χ1) is 13.7. The number of pyridine rings is 1. The summed E-state index contributed by atoms with van der Waals surface area (Å²) in [5.74, 6) is 1.50. The van der Waals surface area contributed by atoms with Crippen LogP contribution in [0, 0.1) is 0 Å². The molecule has 4 rings (SSSR count). The number of benzene rings is 2. The van der Waals surface area contributed by atoms with Crippen LogP contribution in [0.15, 0.2) is 41.6 Å². The molecule has 0 unspecified atom stereocenters. The van der Waals surface area contributed by atoms with Crippen molar-refractivity contribution in [3.8, 4) is 17.2 Å². The number of hydrogen-bond donors (Lipinski definition) is 0. The van der Waals surface area contributed by atoms with Crippen molar-refractivity contribution in [1.29, 1.82) is 0 Å². The Kier molecular flexibility index (Phi) is 5.00. The van der Waals surface area contributed by atoms with Crippen LogP contribution in [0.25, 0.3) is 10.8 Å². The van der Waals surface area contributed by atoms with Gasteiger partial charge in [-0.3, -0.25) is 0 Å².